The van der Waals surface area contributed by atoms with Crippen molar-refractivity contribution in [2.24, 2.45) is 0 Å². The van der Waals surface area contributed by atoms with Gasteiger partial charge in [0.15, 0.2) is 4.96 Å². The van der Waals surface area contributed by atoms with Crippen LogP contribution >= 0.6 is 11.3 Å². The van der Waals surface area contributed by atoms with Gasteiger partial charge in [0.25, 0.3) is 0 Å². The summed E-state index contributed by atoms with van der Waals surface area (Å²) in [5.74, 6) is 1.63. The van der Waals surface area contributed by atoms with Crippen LogP contribution in [0.4, 0.5) is 0 Å². The van der Waals surface area contributed by atoms with Crippen molar-refractivity contribution >= 4 is 22.2 Å². The van der Waals surface area contributed by atoms with Gasteiger partial charge in [0.2, 0.25) is 5.91 Å². The second kappa shape index (κ2) is 9.00. The molecule has 0 aliphatic heterocycles. The number of nitrogens with one attached hydrogen (secondary N) is 1. The highest BCUT2D eigenvalue weighted by atomic mass is 32.1. The van der Waals surface area contributed by atoms with Crippen molar-refractivity contribution in [3.05, 3.63) is 71.4 Å². The van der Waals surface area contributed by atoms with Gasteiger partial charge in [-0.25, -0.2) is 4.98 Å². The molecule has 0 atom stereocenters. The number of nitrogens with zero attached hydrogens (tertiary/aromatic N) is 2. The average molecular weight is 422 g/mol. The summed E-state index contributed by atoms with van der Waals surface area (Å²) >= 11 is 1.58. The number of thiazole rings is 1. The summed E-state index contributed by atoms with van der Waals surface area (Å²) < 4.78 is 12.5. The molecule has 6 nitrogen and oxygen atoms in total. The Hall–Kier alpha value is -3.32. The van der Waals surface area contributed by atoms with E-state index in [1.54, 1.807) is 25.6 Å². The fourth-order valence-corrected chi connectivity index (χ4v) is 4.13. The Morgan fingerprint density at radius 3 is 2.67 bits per heavy atom. The van der Waals surface area contributed by atoms with Gasteiger partial charge >= 0.3 is 0 Å². The highest BCUT2D eigenvalue weighted by Gasteiger charge is 2.11. The predicted molar refractivity (Wildman–Crippen MR) is 118 cm³/mol. The normalized spacial score (nSPS) is 10.9. The minimum absolute atomic E-state index is 0.0210. The van der Waals surface area contributed by atoms with E-state index in [1.165, 1.54) is 0 Å². The zero-order valence-corrected chi connectivity index (χ0v) is 17.7. The van der Waals surface area contributed by atoms with Crippen LogP contribution in [0.1, 0.15) is 17.7 Å². The van der Waals surface area contributed by atoms with Gasteiger partial charge in [-0.2, -0.15) is 0 Å². The molecule has 7 heteroatoms. The smallest absolute Gasteiger partial charge is 0.220 e. The Kier molecular flexibility index (Phi) is 5.99. The van der Waals surface area contributed by atoms with Crippen LogP contribution in [0.2, 0.25) is 0 Å². The maximum Gasteiger partial charge on any atom is 0.220 e. The van der Waals surface area contributed by atoms with E-state index >= 15 is 0 Å². The topological polar surface area (TPSA) is 64.9 Å². The van der Waals surface area contributed by atoms with Gasteiger partial charge in [0, 0.05) is 35.8 Å². The zero-order valence-electron chi connectivity index (χ0n) is 16.9. The fraction of sp³-hybridized carbons (Fsp3) is 0.217. The molecule has 4 rings (SSSR count). The number of amides is 1. The zero-order chi connectivity index (χ0) is 20.9. The number of methoxy groups -OCH3 is 2. The Balaban J connectivity index is 1.37. The summed E-state index contributed by atoms with van der Waals surface area (Å²) in [5, 5.41) is 5.04. The van der Waals surface area contributed by atoms with Crippen LogP contribution in [0, 0.1) is 0 Å². The minimum Gasteiger partial charge on any atom is -0.497 e. The van der Waals surface area contributed by atoms with Crippen molar-refractivity contribution in [1.29, 1.82) is 0 Å². The average Bonchev–Trinajstić information content (AvgIpc) is 3.38. The van der Waals surface area contributed by atoms with Crippen LogP contribution in [0.3, 0.4) is 0 Å². The third-order valence-electron chi connectivity index (χ3n) is 4.90. The van der Waals surface area contributed by atoms with Crippen LogP contribution in [-0.2, 0) is 17.8 Å². The molecule has 4 aromatic rings. The highest BCUT2D eigenvalue weighted by molar-refractivity contribution is 7.15. The monoisotopic (exact) mass is 421 g/mol. The first-order chi connectivity index (χ1) is 14.7. The molecule has 0 saturated carbocycles. The highest BCUT2D eigenvalue weighted by Crippen LogP contribution is 2.25. The molecule has 154 valence electrons. The van der Waals surface area contributed by atoms with E-state index < -0.39 is 0 Å². The molecule has 0 unspecified atom stereocenters. The molecule has 2 aromatic carbocycles. The Morgan fingerprint density at radius 2 is 1.90 bits per heavy atom. The van der Waals surface area contributed by atoms with Gasteiger partial charge in [0.05, 0.1) is 19.9 Å². The number of fused-ring (bicyclic) bond motifs is 1. The summed E-state index contributed by atoms with van der Waals surface area (Å²) in [5.41, 5.74) is 4.04. The number of aromatic nitrogens is 2. The van der Waals surface area contributed by atoms with E-state index in [9.17, 15) is 4.79 Å². The van der Waals surface area contributed by atoms with Gasteiger partial charge in [0.1, 0.15) is 11.5 Å². The molecule has 0 fully saturated rings. The number of carbonyl (C=O) groups is 1. The molecule has 0 aliphatic carbocycles. The first-order valence-corrected chi connectivity index (χ1v) is 10.5. The molecule has 0 aliphatic rings. The van der Waals surface area contributed by atoms with E-state index in [-0.39, 0.29) is 5.91 Å². The standard InChI is InChI=1S/C23H23N3O3S/c1-28-19-9-6-17(7-10-19)21-14-26-18(15-30-23(26)25-21)8-11-22(27)24-13-16-4-3-5-20(12-16)29-2/h3-7,9-10,12,14-15H,8,11,13H2,1-2H3,(H,24,27). The van der Waals surface area contributed by atoms with Crippen molar-refractivity contribution in [1.82, 2.24) is 14.7 Å². The van der Waals surface area contributed by atoms with E-state index in [4.69, 9.17) is 14.5 Å². The van der Waals surface area contributed by atoms with Crippen molar-refractivity contribution in [3.63, 3.8) is 0 Å². The van der Waals surface area contributed by atoms with Crippen molar-refractivity contribution in [3.8, 4) is 22.8 Å². The maximum atomic E-state index is 12.3. The molecule has 1 N–H and O–H groups in total. The third kappa shape index (κ3) is 4.46. The van der Waals surface area contributed by atoms with Gasteiger partial charge in [-0.05, 0) is 48.4 Å². The quantitative estimate of drug-likeness (QED) is 0.460. The molecule has 30 heavy (non-hydrogen) atoms. The Morgan fingerprint density at radius 1 is 1.10 bits per heavy atom. The summed E-state index contributed by atoms with van der Waals surface area (Å²) in [4.78, 5) is 17.9. The lowest BCUT2D eigenvalue weighted by Gasteiger charge is -2.07. The maximum absolute atomic E-state index is 12.3. The van der Waals surface area contributed by atoms with E-state index in [0.717, 1.165) is 39.0 Å². The number of benzene rings is 2. The summed E-state index contributed by atoms with van der Waals surface area (Å²) in [6.45, 7) is 0.488. The Labute approximate surface area is 179 Å². The molecule has 1 amide bonds. The largest absolute Gasteiger partial charge is 0.497 e. The summed E-state index contributed by atoms with van der Waals surface area (Å²) in [6, 6.07) is 15.5. The lowest BCUT2D eigenvalue weighted by atomic mass is 10.1. The minimum atomic E-state index is 0.0210. The third-order valence-corrected chi connectivity index (χ3v) is 5.79. The van der Waals surface area contributed by atoms with Crippen LogP contribution < -0.4 is 14.8 Å². The van der Waals surface area contributed by atoms with E-state index in [2.05, 4.69) is 15.1 Å². The van der Waals surface area contributed by atoms with Gasteiger partial charge in [-0.3, -0.25) is 9.20 Å². The van der Waals surface area contributed by atoms with Crippen molar-refractivity contribution in [2.75, 3.05) is 14.2 Å². The second-order valence-corrected chi connectivity index (χ2v) is 7.70. The lowest BCUT2D eigenvalue weighted by molar-refractivity contribution is -0.121. The molecular weight excluding hydrogens is 398 g/mol. The van der Waals surface area contributed by atoms with E-state index in [1.807, 2.05) is 54.7 Å². The summed E-state index contributed by atoms with van der Waals surface area (Å²) in [6.07, 6.45) is 3.10. The molecule has 0 spiro atoms. The molecule has 0 bridgehead atoms. The molecule has 0 radical (unpaired) electrons. The number of aryl methyl sites for hydroxylation is 1. The fourth-order valence-electron chi connectivity index (χ4n) is 3.22. The second-order valence-electron chi connectivity index (χ2n) is 6.86. The molecule has 2 heterocycles. The number of imidazole rings is 1. The predicted octanol–water partition coefficient (Wildman–Crippen LogP) is 4.33. The van der Waals surface area contributed by atoms with Gasteiger partial charge in [-0.1, -0.05) is 12.1 Å². The van der Waals surface area contributed by atoms with Crippen molar-refractivity contribution in [2.45, 2.75) is 19.4 Å². The van der Waals surface area contributed by atoms with Crippen LogP contribution in [0.25, 0.3) is 16.2 Å². The first kappa shape index (κ1) is 20.0. The number of ether oxygens (including phenoxy) is 2. The van der Waals surface area contributed by atoms with Crippen LogP contribution in [0.15, 0.2) is 60.1 Å². The van der Waals surface area contributed by atoms with Crippen LogP contribution in [-0.4, -0.2) is 29.5 Å². The van der Waals surface area contributed by atoms with Gasteiger partial charge < -0.3 is 14.8 Å². The molecule has 2 aromatic heterocycles. The number of hydrogen-bond donors (Lipinski definition) is 1. The lowest BCUT2D eigenvalue weighted by Crippen LogP contribution is -2.23. The summed E-state index contributed by atoms with van der Waals surface area (Å²) in [7, 11) is 3.29. The number of carbonyl (C=O) groups excluding carboxylic acids is 1. The first-order valence-electron chi connectivity index (χ1n) is 9.66. The van der Waals surface area contributed by atoms with Crippen molar-refractivity contribution < 1.29 is 14.3 Å². The SMILES string of the molecule is COc1ccc(-c2cn3c(CCC(=O)NCc4cccc(OC)c4)csc3n2)cc1. The number of rotatable bonds is 8. The number of hydrogen-bond acceptors (Lipinski definition) is 5. The van der Waals surface area contributed by atoms with E-state index in [0.29, 0.717) is 19.4 Å². The van der Waals surface area contributed by atoms with Crippen LogP contribution in [0.5, 0.6) is 11.5 Å². The molecule has 0 saturated heterocycles. The van der Waals surface area contributed by atoms with Gasteiger partial charge in [-0.15, -0.1) is 11.3 Å². The molecular formula is C23H23N3O3S. The Bertz CT molecular complexity index is 1150.